The van der Waals surface area contributed by atoms with E-state index in [9.17, 15) is 47.9 Å². The van der Waals surface area contributed by atoms with Crippen LogP contribution in [0.15, 0.2) is 35.6 Å². The number of ether oxygens (including phenoxy) is 2. The third-order valence-electron chi connectivity index (χ3n) is 7.13. The minimum absolute atomic E-state index is 0. The Morgan fingerprint density at radius 2 is 1.46 bits per heavy atom. The molecule has 31 heteroatoms. The average molecular weight is 969 g/mol. The van der Waals surface area contributed by atoms with Gasteiger partial charge >= 0.3 is 23.5 Å². The molecular weight excluding hydrogens is 927 g/mol. The van der Waals surface area contributed by atoms with Crippen LogP contribution in [0.3, 0.4) is 0 Å². The van der Waals surface area contributed by atoms with Crippen LogP contribution in [0.2, 0.25) is 0 Å². The van der Waals surface area contributed by atoms with Crippen LogP contribution < -0.4 is 15.9 Å². The van der Waals surface area contributed by atoms with E-state index in [-0.39, 0.29) is 51.4 Å². The van der Waals surface area contributed by atoms with Crippen molar-refractivity contribution in [3.8, 4) is 0 Å². The standard InChI is InChI=1S/C14H23N4O12P3.C9H14N3O7P.C3H7.Y/c1-2-4-15-13-9-3-5-18(14(9)17-8-16-13)12-6-10(19)11(28-12)7-27-32(23,24)30-33(25,26)29-31(20,21)22;10-7-1-2-12(9(14)11-7)8-3-5(13)6(19-8)4-18-20(15,16)17;1-3-2;/h3,5,8,10-12,19H,2,4,6-7H2,1H3,(H,23,24)(H,25,26)(H,15,16,17)(H2,20,21,22);1-2,5-6,8,13H,3-4H2,(H4,10,11,14,15,16,17);1,3H2,2H3;/q;;-1;/p-2/t10-,11-,12-;5-,6-,8-;;/m11../s1. The molecule has 0 amide bonds. The van der Waals surface area contributed by atoms with E-state index in [1.54, 1.807) is 16.8 Å². The zero-order valence-electron chi connectivity index (χ0n) is 30.1. The summed E-state index contributed by atoms with van der Waals surface area (Å²) in [6.45, 7) is 6.90. The smallest absolute Gasteiger partial charge is 0.490 e. The minimum atomic E-state index is -5.63. The van der Waals surface area contributed by atoms with Crippen molar-refractivity contribution >= 4 is 54.0 Å². The van der Waals surface area contributed by atoms with Gasteiger partial charge in [0.15, 0.2) is 0 Å². The topological polar surface area (TPSA) is 390 Å². The van der Waals surface area contributed by atoms with E-state index >= 15 is 0 Å². The molecular formula is C26H42N7O19P4Y-3. The van der Waals surface area contributed by atoms with Gasteiger partial charge < -0.3 is 81.1 Å². The second-order valence-corrected chi connectivity index (χ2v) is 17.2. The van der Waals surface area contributed by atoms with E-state index in [1.807, 2.05) is 13.8 Å². The van der Waals surface area contributed by atoms with Gasteiger partial charge in [0.2, 0.25) is 5.69 Å². The number of fused-ring (bicyclic) bond motifs is 1. The van der Waals surface area contributed by atoms with Gasteiger partial charge in [0.1, 0.15) is 42.5 Å². The molecule has 0 aliphatic carbocycles. The number of aliphatic hydroxyl groups excluding tert-OH is 2. The van der Waals surface area contributed by atoms with E-state index < -0.39 is 87.1 Å². The normalized spacial score (nSPS) is 25.1. The van der Waals surface area contributed by atoms with Crippen molar-refractivity contribution in [3.05, 3.63) is 54.0 Å². The summed E-state index contributed by atoms with van der Waals surface area (Å²) in [5.74, 6) is 0.431. The molecule has 0 bridgehead atoms. The first-order chi connectivity index (χ1) is 26.0. The molecule has 3 aromatic heterocycles. The van der Waals surface area contributed by atoms with Crippen molar-refractivity contribution in [1.82, 2.24) is 24.1 Å². The summed E-state index contributed by atoms with van der Waals surface area (Å²) in [4.78, 5) is 78.2. The second kappa shape index (κ2) is 22.4. The summed E-state index contributed by atoms with van der Waals surface area (Å²) in [6, 6.07) is 3.04. The quantitative estimate of drug-likeness (QED) is 0.0790. The maximum Gasteiger partial charge on any atom is 0.490 e. The molecule has 2 saturated heterocycles. The molecule has 9 atom stereocenters. The first-order valence-electron chi connectivity index (χ1n) is 16.3. The first-order valence-corrected chi connectivity index (χ1v) is 22.3. The predicted octanol–water partition coefficient (Wildman–Crippen LogP) is 1.53. The molecule has 9 N–H and O–H groups in total. The van der Waals surface area contributed by atoms with Crippen LogP contribution in [-0.4, -0.2) is 103 Å². The molecule has 3 aromatic rings. The Morgan fingerprint density at radius 1 is 0.912 bits per heavy atom. The van der Waals surface area contributed by atoms with Crippen molar-refractivity contribution in [2.45, 2.75) is 76.4 Å². The van der Waals surface area contributed by atoms with Crippen molar-refractivity contribution in [2.75, 3.05) is 25.1 Å². The van der Waals surface area contributed by atoms with Crippen molar-refractivity contribution < 1.29 is 118 Å². The van der Waals surface area contributed by atoms with E-state index in [4.69, 9.17) is 29.9 Å². The van der Waals surface area contributed by atoms with E-state index in [1.165, 1.54) is 18.6 Å². The molecule has 0 aromatic carbocycles. The molecule has 321 valence electrons. The Kier molecular flexibility index (Phi) is 20.3. The van der Waals surface area contributed by atoms with Crippen LogP contribution in [0.25, 0.3) is 16.8 Å². The summed E-state index contributed by atoms with van der Waals surface area (Å²) in [6.07, 6.45) is 0.405. The zero-order chi connectivity index (χ0) is 42.1. The van der Waals surface area contributed by atoms with E-state index in [0.717, 1.165) is 22.8 Å². The van der Waals surface area contributed by atoms with Crippen LogP contribution in [-0.2, 0) is 78.1 Å². The first kappa shape index (κ1) is 51.7. The summed E-state index contributed by atoms with van der Waals surface area (Å²) in [5.41, 5.74) is 7.00. The van der Waals surface area contributed by atoms with E-state index in [2.05, 4.69) is 44.9 Å². The van der Waals surface area contributed by atoms with Crippen LogP contribution in [0.1, 0.15) is 52.0 Å². The number of hydrogen-bond donors (Lipinski definition) is 8. The molecule has 2 aliphatic heterocycles. The fraction of sp³-hybridized carbons (Fsp3) is 0.577. The number of hydrogen-bond acceptors (Lipinski definition) is 18. The van der Waals surface area contributed by atoms with Crippen LogP contribution in [0.5, 0.6) is 0 Å². The molecule has 5 rings (SSSR count). The Morgan fingerprint density at radius 3 is 1.98 bits per heavy atom. The SMILES string of the molecule is CCCNc1ncnc2c1ccn2[C@H]1C[C@@H](O)[C@@H](COP(=O)(O)OP(=O)(O)OP(=O)(O)O)O1.[CH2-]CC.[NH-]c1ccn([C@H]2C[C@@H](O)[C@@H](COP(=O)([O-])O)O2)c(=O)n1.[Y]. The molecule has 57 heavy (non-hydrogen) atoms. The largest absolute Gasteiger partial charge is 0.756 e. The van der Waals surface area contributed by atoms with Crippen LogP contribution >= 0.6 is 31.3 Å². The summed E-state index contributed by atoms with van der Waals surface area (Å²) in [7, 11) is -21.4. The molecule has 3 unspecified atom stereocenters. The number of aliphatic hydroxyl groups is 2. The van der Waals surface area contributed by atoms with Crippen LogP contribution in [0, 0.1) is 6.92 Å². The maximum atomic E-state index is 11.9. The molecule has 1 radical (unpaired) electrons. The van der Waals surface area contributed by atoms with Crippen molar-refractivity contribution in [1.29, 1.82) is 0 Å². The summed E-state index contributed by atoms with van der Waals surface area (Å²) in [5, 5.41) is 23.9. The van der Waals surface area contributed by atoms with E-state index in [0.29, 0.717) is 18.0 Å². The van der Waals surface area contributed by atoms with Crippen LogP contribution in [0.4, 0.5) is 11.6 Å². The van der Waals surface area contributed by atoms with Crippen molar-refractivity contribution in [2.24, 2.45) is 0 Å². The Labute approximate surface area is 349 Å². The number of aromatic nitrogens is 5. The maximum absolute atomic E-state index is 11.9. The number of rotatable bonds is 15. The Balaban J connectivity index is 0.000000399. The molecule has 0 spiro atoms. The monoisotopic (exact) mass is 969 g/mol. The van der Waals surface area contributed by atoms with Gasteiger partial charge in [-0.15, -0.1) is 0 Å². The van der Waals surface area contributed by atoms with Gasteiger partial charge in [-0.3, -0.25) is 18.5 Å². The minimum Gasteiger partial charge on any atom is -0.756 e. The molecule has 5 heterocycles. The third-order valence-corrected chi connectivity index (χ3v) is 11.4. The average Bonchev–Trinajstić information content (AvgIpc) is 3.76. The zero-order valence-corrected chi connectivity index (χ0v) is 36.6. The number of nitrogens with zero attached hydrogens (tertiary/aromatic N) is 5. The summed E-state index contributed by atoms with van der Waals surface area (Å²) >= 11 is 0. The molecule has 26 nitrogen and oxygen atoms in total. The van der Waals surface area contributed by atoms with Gasteiger partial charge in [0.25, 0.3) is 7.82 Å². The predicted molar refractivity (Wildman–Crippen MR) is 189 cm³/mol. The number of phosphoric ester groups is 2. The van der Waals surface area contributed by atoms with Gasteiger partial charge in [-0.1, -0.05) is 19.7 Å². The third kappa shape index (κ3) is 16.9. The molecule has 2 aliphatic rings. The number of phosphoric acid groups is 4. The van der Waals surface area contributed by atoms with Gasteiger partial charge in [-0.25, -0.2) is 23.7 Å². The molecule has 2 fully saturated rings. The fourth-order valence-corrected chi connectivity index (χ4v) is 8.29. The van der Waals surface area contributed by atoms with Gasteiger partial charge in [-0.05, 0) is 18.6 Å². The number of nitrogens with one attached hydrogen (secondary N) is 2. The van der Waals surface area contributed by atoms with Gasteiger partial charge in [0, 0.05) is 64.5 Å². The summed E-state index contributed by atoms with van der Waals surface area (Å²) < 4.78 is 74.1. The fourth-order valence-electron chi connectivity index (χ4n) is 4.93. The second-order valence-electron chi connectivity index (χ2n) is 11.6. The Bertz CT molecular complexity index is 2000. The molecule has 0 saturated carbocycles. The van der Waals surface area contributed by atoms with Crippen molar-refractivity contribution in [3.63, 3.8) is 0 Å². The Hall–Kier alpha value is -1.44. The van der Waals surface area contributed by atoms with Gasteiger partial charge in [-0.2, -0.15) is 15.0 Å². The number of anilines is 1. The van der Waals surface area contributed by atoms with Gasteiger partial charge in [0.05, 0.1) is 30.8 Å².